The molecule has 92 valence electrons. The molecule has 2 N–H and O–H groups in total. The lowest BCUT2D eigenvalue weighted by atomic mass is 10.1. The van der Waals surface area contributed by atoms with Crippen LogP contribution in [0.25, 0.3) is 0 Å². The average Bonchev–Trinajstić information content (AvgIpc) is 2.54. The molecule has 0 spiro atoms. The van der Waals surface area contributed by atoms with Gasteiger partial charge in [-0.15, -0.1) is 0 Å². The molecule has 3 nitrogen and oxygen atoms in total. The van der Waals surface area contributed by atoms with Gasteiger partial charge in [0.15, 0.2) is 0 Å². The summed E-state index contributed by atoms with van der Waals surface area (Å²) < 4.78 is 0. The van der Waals surface area contributed by atoms with Crippen molar-refractivity contribution in [1.29, 1.82) is 0 Å². The van der Waals surface area contributed by atoms with E-state index in [4.69, 9.17) is 0 Å². The van der Waals surface area contributed by atoms with E-state index in [-0.39, 0.29) is 11.9 Å². The fourth-order valence-corrected chi connectivity index (χ4v) is 2.21. The predicted molar refractivity (Wildman–Crippen MR) is 70.1 cm³/mol. The fourth-order valence-electron chi connectivity index (χ4n) is 2.21. The highest BCUT2D eigenvalue weighted by molar-refractivity contribution is 5.77. The second-order valence-corrected chi connectivity index (χ2v) is 4.59. The summed E-state index contributed by atoms with van der Waals surface area (Å²) in [7, 11) is 0. The van der Waals surface area contributed by atoms with Crippen molar-refractivity contribution in [1.82, 2.24) is 5.32 Å². The van der Waals surface area contributed by atoms with Crippen LogP contribution in [0.3, 0.4) is 0 Å². The van der Waals surface area contributed by atoms with Crippen LogP contribution in [0, 0.1) is 0 Å². The summed E-state index contributed by atoms with van der Waals surface area (Å²) in [4.78, 5) is 11.5. The van der Waals surface area contributed by atoms with Gasteiger partial charge in [-0.05, 0) is 37.0 Å². The number of benzene rings is 1. The minimum Gasteiger partial charge on any atom is -0.382 e. The van der Waals surface area contributed by atoms with Crippen LogP contribution in [0.4, 0.5) is 5.69 Å². The third-order valence-corrected chi connectivity index (χ3v) is 3.19. The summed E-state index contributed by atoms with van der Waals surface area (Å²) in [6, 6.07) is 8.71. The van der Waals surface area contributed by atoms with Gasteiger partial charge in [-0.2, -0.15) is 0 Å². The number of carbonyl (C=O) groups excluding carboxylic acids is 1. The summed E-state index contributed by atoms with van der Waals surface area (Å²) in [6.45, 7) is 2.96. The van der Waals surface area contributed by atoms with E-state index >= 15 is 0 Å². The van der Waals surface area contributed by atoms with E-state index in [0.29, 0.717) is 6.42 Å². The molecule has 1 aliphatic rings. The van der Waals surface area contributed by atoms with Crippen molar-refractivity contribution < 1.29 is 4.79 Å². The topological polar surface area (TPSA) is 41.1 Å². The van der Waals surface area contributed by atoms with Crippen LogP contribution in [0.15, 0.2) is 24.3 Å². The van der Waals surface area contributed by atoms with Crippen LogP contribution in [0.2, 0.25) is 0 Å². The molecular weight excluding hydrogens is 212 g/mol. The van der Waals surface area contributed by atoms with E-state index in [2.05, 4.69) is 41.8 Å². The maximum atomic E-state index is 11.5. The Labute approximate surface area is 103 Å². The number of hydrogen-bond donors (Lipinski definition) is 2. The third kappa shape index (κ3) is 3.48. The van der Waals surface area contributed by atoms with Crippen LogP contribution in [-0.4, -0.2) is 18.5 Å². The lowest BCUT2D eigenvalue weighted by Gasteiger charge is -2.17. The highest BCUT2D eigenvalue weighted by Gasteiger charge is 2.16. The van der Waals surface area contributed by atoms with Crippen molar-refractivity contribution >= 4 is 11.6 Å². The molecule has 1 fully saturated rings. The number of hydrogen-bond acceptors (Lipinski definition) is 2. The first kappa shape index (κ1) is 12.0. The molecule has 1 aromatic rings. The van der Waals surface area contributed by atoms with Gasteiger partial charge in [0, 0.05) is 24.7 Å². The first-order valence-electron chi connectivity index (χ1n) is 6.40. The molecule has 0 bridgehead atoms. The molecular formula is C14H20N2O. The van der Waals surface area contributed by atoms with E-state index in [0.717, 1.165) is 31.5 Å². The molecule has 1 atom stereocenters. The summed E-state index contributed by atoms with van der Waals surface area (Å²) >= 11 is 0. The molecule has 1 unspecified atom stereocenters. The zero-order valence-corrected chi connectivity index (χ0v) is 10.3. The Hall–Kier alpha value is -1.51. The van der Waals surface area contributed by atoms with Gasteiger partial charge in [0.2, 0.25) is 5.91 Å². The van der Waals surface area contributed by atoms with Crippen molar-refractivity contribution in [3.8, 4) is 0 Å². The molecule has 0 radical (unpaired) electrons. The summed E-state index contributed by atoms with van der Waals surface area (Å²) in [6.07, 6.45) is 3.73. The van der Waals surface area contributed by atoms with Gasteiger partial charge >= 0.3 is 0 Å². The summed E-state index contributed by atoms with van der Waals surface area (Å²) in [5, 5.41) is 6.37. The molecule has 0 aliphatic carbocycles. The number of anilines is 1. The smallest absolute Gasteiger partial charge is 0.222 e. The highest BCUT2D eigenvalue weighted by Crippen LogP contribution is 2.16. The maximum absolute atomic E-state index is 11.5. The molecule has 2 rings (SSSR count). The number of amides is 1. The summed E-state index contributed by atoms with van der Waals surface area (Å²) in [5.74, 6) is 0.159. The monoisotopic (exact) mass is 232 g/mol. The Morgan fingerprint density at radius 3 is 3.18 bits per heavy atom. The van der Waals surface area contributed by atoms with Gasteiger partial charge in [0.25, 0.3) is 0 Å². The van der Waals surface area contributed by atoms with Crippen molar-refractivity contribution in [2.45, 2.75) is 38.6 Å². The maximum Gasteiger partial charge on any atom is 0.222 e. The Bertz CT molecular complexity index is 390. The molecule has 0 saturated carbocycles. The standard InChI is InChI=1S/C14H20N2O/c1-2-11-5-3-6-12(9-11)16-13-7-4-8-15-14(17)10-13/h3,5-6,9,13,16H,2,4,7-8,10H2,1H3,(H,15,17). The molecule has 3 heteroatoms. The minimum absolute atomic E-state index is 0.159. The van der Waals surface area contributed by atoms with Gasteiger partial charge in [-0.3, -0.25) is 4.79 Å². The quantitative estimate of drug-likeness (QED) is 0.839. The van der Waals surface area contributed by atoms with Crippen LogP contribution in [0.1, 0.15) is 31.7 Å². The first-order valence-corrected chi connectivity index (χ1v) is 6.40. The second kappa shape index (κ2) is 5.71. The third-order valence-electron chi connectivity index (χ3n) is 3.19. The van der Waals surface area contributed by atoms with Gasteiger partial charge < -0.3 is 10.6 Å². The largest absolute Gasteiger partial charge is 0.382 e. The molecule has 1 saturated heterocycles. The van der Waals surface area contributed by atoms with Crippen LogP contribution in [0.5, 0.6) is 0 Å². The molecule has 1 aliphatic heterocycles. The lowest BCUT2D eigenvalue weighted by Crippen LogP contribution is -2.26. The van der Waals surface area contributed by atoms with E-state index in [1.807, 2.05) is 0 Å². The zero-order valence-electron chi connectivity index (χ0n) is 10.3. The van der Waals surface area contributed by atoms with Crippen LogP contribution >= 0.6 is 0 Å². The van der Waals surface area contributed by atoms with Crippen LogP contribution in [-0.2, 0) is 11.2 Å². The highest BCUT2D eigenvalue weighted by atomic mass is 16.1. The van der Waals surface area contributed by atoms with Gasteiger partial charge in [0.05, 0.1) is 0 Å². The van der Waals surface area contributed by atoms with Gasteiger partial charge in [0.1, 0.15) is 0 Å². The van der Waals surface area contributed by atoms with E-state index in [9.17, 15) is 4.79 Å². The van der Waals surface area contributed by atoms with E-state index in [1.165, 1.54) is 5.56 Å². The second-order valence-electron chi connectivity index (χ2n) is 4.59. The summed E-state index contributed by atoms with van der Waals surface area (Å²) in [5.41, 5.74) is 2.46. The Morgan fingerprint density at radius 1 is 1.47 bits per heavy atom. The van der Waals surface area contributed by atoms with Crippen LogP contribution < -0.4 is 10.6 Å². The Balaban J connectivity index is 2.00. The van der Waals surface area contributed by atoms with E-state index < -0.39 is 0 Å². The Morgan fingerprint density at radius 2 is 2.35 bits per heavy atom. The zero-order chi connectivity index (χ0) is 12.1. The molecule has 17 heavy (non-hydrogen) atoms. The number of nitrogens with one attached hydrogen (secondary N) is 2. The number of aryl methyl sites for hydroxylation is 1. The minimum atomic E-state index is 0.159. The Kier molecular flexibility index (Phi) is 4.02. The van der Waals surface area contributed by atoms with Crippen molar-refractivity contribution in [2.24, 2.45) is 0 Å². The molecule has 1 heterocycles. The van der Waals surface area contributed by atoms with Crippen molar-refractivity contribution in [3.05, 3.63) is 29.8 Å². The number of carbonyl (C=O) groups is 1. The first-order chi connectivity index (χ1) is 8.28. The fraction of sp³-hybridized carbons (Fsp3) is 0.500. The van der Waals surface area contributed by atoms with Gasteiger partial charge in [-0.1, -0.05) is 19.1 Å². The SMILES string of the molecule is CCc1cccc(NC2CCCNC(=O)C2)c1. The van der Waals surface area contributed by atoms with Gasteiger partial charge in [-0.25, -0.2) is 0 Å². The normalized spacial score (nSPS) is 20.5. The number of rotatable bonds is 3. The predicted octanol–water partition coefficient (Wildman–Crippen LogP) is 2.33. The average molecular weight is 232 g/mol. The molecule has 1 aromatic carbocycles. The van der Waals surface area contributed by atoms with Crippen molar-refractivity contribution in [3.63, 3.8) is 0 Å². The molecule has 0 aromatic heterocycles. The molecule has 1 amide bonds. The van der Waals surface area contributed by atoms with E-state index in [1.54, 1.807) is 0 Å². The lowest BCUT2D eigenvalue weighted by molar-refractivity contribution is -0.120. The van der Waals surface area contributed by atoms with Crippen molar-refractivity contribution in [2.75, 3.05) is 11.9 Å².